The third-order valence-corrected chi connectivity index (χ3v) is 3.34. The molecule has 6 nitrogen and oxygen atoms in total. The predicted molar refractivity (Wildman–Crippen MR) is 90.3 cm³/mol. The molecule has 1 aromatic rings. The molecule has 0 aliphatic rings. The van der Waals surface area contributed by atoms with Gasteiger partial charge in [0.1, 0.15) is 5.57 Å². The first-order valence-corrected chi connectivity index (χ1v) is 7.64. The second kappa shape index (κ2) is 8.96. The molecule has 0 aromatic heterocycles. The van der Waals surface area contributed by atoms with Crippen molar-refractivity contribution in [3.05, 3.63) is 23.3 Å². The maximum absolute atomic E-state index is 12.1. The van der Waals surface area contributed by atoms with E-state index < -0.39 is 11.8 Å². The maximum atomic E-state index is 12.1. The van der Waals surface area contributed by atoms with Crippen LogP contribution >= 0.6 is 0 Å². The molecule has 0 atom stereocenters. The first-order valence-electron chi connectivity index (χ1n) is 7.64. The molecule has 0 saturated carbocycles. The quantitative estimate of drug-likeness (QED) is 0.340. The van der Waals surface area contributed by atoms with Crippen molar-refractivity contribution in [2.45, 2.75) is 27.2 Å². The van der Waals surface area contributed by atoms with Crippen molar-refractivity contribution in [3.63, 3.8) is 0 Å². The Bertz CT molecular complexity index is 605. The van der Waals surface area contributed by atoms with E-state index in [1.165, 1.54) is 39.4 Å². The number of hydrogen-bond donors (Lipinski definition) is 1. The van der Waals surface area contributed by atoms with Crippen molar-refractivity contribution in [1.29, 1.82) is 0 Å². The minimum atomic E-state index is -0.672. The zero-order chi connectivity index (χ0) is 18.3. The summed E-state index contributed by atoms with van der Waals surface area (Å²) in [6, 6.07) is 3.00. The molecule has 132 valence electrons. The lowest BCUT2D eigenvalue weighted by Gasteiger charge is -2.11. The van der Waals surface area contributed by atoms with E-state index in [1.54, 1.807) is 0 Å². The Morgan fingerprint density at radius 2 is 1.71 bits per heavy atom. The Labute approximate surface area is 142 Å². The summed E-state index contributed by atoms with van der Waals surface area (Å²) in [4.78, 5) is 23.9. The Kier molecular flexibility index (Phi) is 7.30. The van der Waals surface area contributed by atoms with Gasteiger partial charge in [-0.15, -0.1) is 0 Å². The van der Waals surface area contributed by atoms with E-state index in [4.69, 9.17) is 14.2 Å². The Morgan fingerprint density at radius 3 is 2.12 bits per heavy atom. The molecule has 1 N–H and O–H groups in total. The minimum absolute atomic E-state index is 0.0754. The van der Waals surface area contributed by atoms with E-state index in [0.717, 1.165) is 6.42 Å². The van der Waals surface area contributed by atoms with Gasteiger partial charge in [0.05, 0.1) is 20.8 Å². The number of rotatable bonds is 8. The molecule has 1 rings (SSSR count). The van der Waals surface area contributed by atoms with Gasteiger partial charge < -0.3 is 19.3 Å². The largest absolute Gasteiger partial charge is 0.502 e. The average molecular weight is 336 g/mol. The molecule has 0 amide bonds. The SMILES string of the molecule is COc1cc(/C=C(/C(C)=O)C(=O)OCCC(C)C)cc(OC)c1O. The normalized spacial score (nSPS) is 11.3. The Morgan fingerprint density at radius 1 is 1.17 bits per heavy atom. The number of benzene rings is 1. The van der Waals surface area contributed by atoms with Gasteiger partial charge in [-0.1, -0.05) is 13.8 Å². The van der Waals surface area contributed by atoms with Crippen LogP contribution in [0.15, 0.2) is 17.7 Å². The molecule has 0 radical (unpaired) electrons. The van der Waals surface area contributed by atoms with Crippen LogP contribution in [0.5, 0.6) is 17.2 Å². The van der Waals surface area contributed by atoms with E-state index in [-0.39, 0.29) is 29.4 Å². The summed E-state index contributed by atoms with van der Waals surface area (Å²) in [5.74, 6) is -0.479. The van der Waals surface area contributed by atoms with Gasteiger partial charge in [0.2, 0.25) is 5.75 Å². The third-order valence-electron chi connectivity index (χ3n) is 3.34. The summed E-state index contributed by atoms with van der Waals surface area (Å²) >= 11 is 0. The second-order valence-corrected chi connectivity index (χ2v) is 5.71. The van der Waals surface area contributed by atoms with Gasteiger partial charge in [0.25, 0.3) is 0 Å². The zero-order valence-electron chi connectivity index (χ0n) is 14.7. The highest BCUT2D eigenvalue weighted by atomic mass is 16.5. The summed E-state index contributed by atoms with van der Waals surface area (Å²) in [5, 5.41) is 9.90. The highest BCUT2D eigenvalue weighted by Gasteiger charge is 2.18. The number of carbonyl (C=O) groups excluding carboxylic acids is 2. The molecule has 0 aliphatic heterocycles. The Hall–Kier alpha value is -2.50. The van der Waals surface area contributed by atoms with Crippen LogP contribution in [0.1, 0.15) is 32.8 Å². The smallest absolute Gasteiger partial charge is 0.341 e. The molecular weight excluding hydrogens is 312 g/mol. The van der Waals surface area contributed by atoms with Crippen molar-refractivity contribution >= 4 is 17.8 Å². The monoisotopic (exact) mass is 336 g/mol. The number of carbonyl (C=O) groups is 2. The van der Waals surface area contributed by atoms with E-state index in [0.29, 0.717) is 11.5 Å². The van der Waals surface area contributed by atoms with Crippen LogP contribution in [-0.4, -0.2) is 37.7 Å². The lowest BCUT2D eigenvalue weighted by atomic mass is 10.1. The molecular formula is C18H24O6. The average Bonchev–Trinajstić information content (AvgIpc) is 2.52. The van der Waals surface area contributed by atoms with E-state index in [9.17, 15) is 14.7 Å². The van der Waals surface area contributed by atoms with Gasteiger partial charge in [0, 0.05) is 0 Å². The number of aromatic hydroxyl groups is 1. The van der Waals surface area contributed by atoms with Gasteiger partial charge in [-0.2, -0.15) is 0 Å². The van der Waals surface area contributed by atoms with Crippen molar-refractivity contribution in [2.75, 3.05) is 20.8 Å². The number of methoxy groups -OCH3 is 2. The first kappa shape index (κ1) is 19.5. The molecule has 0 spiro atoms. The molecule has 24 heavy (non-hydrogen) atoms. The number of phenolic OH excluding ortho intramolecular Hbond substituents is 1. The van der Waals surface area contributed by atoms with Crippen LogP contribution in [0.2, 0.25) is 0 Å². The molecule has 0 bridgehead atoms. The van der Waals surface area contributed by atoms with Crippen molar-refractivity contribution in [3.8, 4) is 17.2 Å². The van der Waals surface area contributed by atoms with Crippen LogP contribution in [0.25, 0.3) is 6.08 Å². The summed E-state index contributed by atoms with van der Waals surface area (Å²) in [6.07, 6.45) is 2.11. The van der Waals surface area contributed by atoms with Gasteiger partial charge in [0.15, 0.2) is 17.3 Å². The number of ketones is 1. The molecule has 0 unspecified atom stereocenters. The van der Waals surface area contributed by atoms with Gasteiger partial charge in [-0.25, -0.2) is 4.79 Å². The van der Waals surface area contributed by atoms with E-state index in [2.05, 4.69) is 0 Å². The fourth-order valence-electron chi connectivity index (χ4n) is 1.93. The van der Waals surface area contributed by atoms with Gasteiger partial charge in [-0.05, 0) is 43.0 Å². The van der Waals surface area contributed by atoms with Crippen LogP contribution in [0, 0.1) is 5.92 Å². The van der Waals surface area contributed by atoms with Crippen LogP contribution in [0.4, 0.5) is 0 Å². The summed E-state index contributed by atoms with van der Waals surface area (Å²) in [7, 11) is 2.79. The topological polar surface area (TPSA) is 82.1 Å². The zero-order valence-corrected chi connectivity index (χ0v) is 14.7. The van der Waals surface area contributed by atoms with E-state index in [1.807, 2.05) is 13.8 Å². The van der Waals surface area contributed by atoms with Crippen molar-refractivity contribution in [2.24, 2.45) is 5.92 Å². The Balaban J connectivity index is 3.12. The fraction of sp³-hybridized carbons (Fsp3) is 0.444. The van der Waals surface area contributed by atoms with E-state index >= 15 is 0 Å². The van der Waals surface area contributed by atoms with Gasteiger partial charge >= 0.3 is 5.97 Å². The highest BCUT2D eigenvalue weighted by Crippen LogP contribution is 2.37. The number of esters is 1. The minimum Gasteiger partial charge on any atom is -0.502 e. The van der Waals surface area contributed by atoms with Crippen molar-refractivity contribution in [1.82, 2.24) is 0 Å². The number of phenols is 1. The number of hydrogen-bond acceptors (Lipinski definition) is 6. The molecule has 0 saturated heterocycles. The summed E-state index contributed by atoms with van der Waals surface area (Å²) in [6.45, 7) is 5.59. The van der Waals surface area contributed by atoms with Crippen LogP contribution in [-0.2, 0) is 14.3 Å². The predicted octanol–water partition coefficient (Wildman–Crippen LogP) is 2.97. The molecule has 1 aromatic carbocycles. The standard InChI is InChI=1S/C18H24O6/c1-11(2)6-7-24-18(21)14(12(3)19)8-13-9-15(22-4)17(20)16(10-13)23-5/h8-11,20H,6-7H2,1-5H3/b14-8-. The summed E-state index contributed by atoms with van der Waals surface area (Å²) < 4.78 is 15.3. The third kappa shape index (κ3) is 5.30. The van der Waals surface area contributed by atoms with Crippen LogP contribution in [0.3, 0.4) is 0 Å². The second-order valence-electron chi connectivity index (χ2n) is 5.71. The molecule has 0 heterocycles. The van der Waals surface area contributed by atoms with Crippen molar-refractivity contribution < 1.29 is 28.9 Å². The lowest BCUT2D eigenvalue weighted by Crippen LogP contribution is -2.15. The fourth-order valence-corrected chi connectivity index (χ4v) is 1.93. The van der Waals surface area contributed by atoms with Gasteiger partial charge in [-0.3, -0.25) is 4.79 Å². The number of ether oxygens (including phenoxy) is 3. The molecule has 0 fully saturated rings. The highest BCUT2D eigenvalue weighted by molar-refractivity contribution is 6.19. The first-order chi connectivity index (χ1) is 11.3. The lowest BCUT2D eigenvalue weighted by molar-refractivity contribution is -0.140. The molecule has 0 aliphatic carbocycles. The molecule has 6 heteroatoms. The number of Topliss-reactive ketones (excluding diaryl/α,β-unsaturated/α-hetero) is 1. The maximum Gasteiger partial charge on any atom is 0.341 e. The van der Waals surface area contributed by atoms with Crippen LogP contribution < -0.4 is 9.47 Å². The summed E-state index contributed by atoms with van der Waals surface area (Å²) in [5.41, 5.74) is 0.404.